The van der Waals surface area contributed by atoms with Crippen LogP contribution in [0.1, 0.15) is 13.3 Å². The van der Waals surface area contributed by atoms with E-state index >= 15 is 0 Å². The third-order valence-electron chi connectivity index (χ3n) is 3.35. The third-order valence-corrected chi connectivity index (χ3v) is 5.98. The summed E-state index contributed by atoms with van der Waals surface area (Å²) in [4.78, 5) is 13.4. The molecule has 0 N–H and O–H groups in total. The van der Waals surface area contributed by atoms with E-state index in [1.54, 1.807) is 29.2 Å². The molecule has 1 fully saturated rings. The van der Waals surface area contributed by atoms with Crippen LogP contribution in [0.4, 0.5) is 0 Å². The Morgan fingerprint density at radius 2 is 1.75 bits per heavy atom. The topological polar surface area (TPSA) is 57.7 Å². The van der Waals surface area contributed by atoms with Crippen molar-refractivity contribution in [1.29, 1.82) is 0 Å². The van der Waals surface area contributed by atoms with E-state index in [1.807, 2.05) is 0 Å². The van der Waals surface area contributed by atoms with Crippen molar-refractivity contribution in [2.45, 2.75) is 18.2 Å². The van der Waals surface area contributed by atoms with Gasteiger partial charge in [-0.1, -0.05) is 0 Å². The zero-order valence-electron chi connectivity index (χ0n) is 11.3. The molecule has 1 amide bonds. The molecule has 0 unspecified atom stereocenters. The van der Waals surface area contributed by atoms with Crippen LogP contribution in [0.15, 0.2) is 29.2 Å². The summed E-state index contributed by atoms with van der Waals surface area (Å²) >= 11 is 2.14. The standard InChI is InChI=1S/C13H17IN2O3S/c1-11(17)15-7-2-8-16(10-9-15)20(18,19)13-5-3-12(14)4-6-13/h3-6H,2,7-10H2,1H3. The van der Waals surface area contributed by atoms with Gasteiger partial charge in [0.05, 0.1) is 4.90 Å². The van der Waals surface area contributed by atoms with Crippen molar-refractivity contribution in [1.82, 2.24) is 9.21 Å². The second-order valence-corrected chi connectivity index (χ2v) is 7.90. The number of halogens is 1. The summed E-state index contributed by atoms with van der Waals surface area (Å²) in [5.41, 5.74) is 0. The largest absolute Gasteiger partial charge is 0.342 e. The van der Waals surface area contributed by atoms with Gasteiger partial charge in [0, 0.05) is 36.7 Å². The van der Waals surface area contributed by atoms with Crippen molar-refractivity contribution in [3.63, 3.8) is 0 Å². The normalized spacial score (nSPS) is 17.8. The third kappa shape index (κ3) is 3.50. The van der Waals surface area contributed by atoms with E-state index in [4.69, 9.17) is 0 Å². The number of nitrogens with zero attached hydrogens (tertiary/aromatic N) is 2. The highest BCUT2D eigenvalue weighted by molar-refractivity contribution is 14.1. The minimum atomic E-state index is -3.46. The maximum absolute atomic E-state index is 12.5. The van der Waals surface area contributed by atoms with Crippen molar-refractivity contribution in [2.75, 3.05) is 26.2 Å². The highest BCUT2D eigenvalue weighted by Gasteiger charge is 2.27. The molecule has 0 saturated carbocycles. The molecule has 1 saturated heterocycles. The van der Waals surface area contributed by atoms with Crippen LogP contribution in [-0.4, -0.2) is 49.7 Å². The van der Waals surface area contributed by atoms with Crippen LogP contribution in [0.3, 0.4) is 0 Å². The first-order valence-electron chi connectivity index (χ1n) is 6.42. The quantitative estimate of drug-likeness (QED) is 0.698. The summed E-state index contributed by atoms with van der Waals surface area (Å²) in [5.74, 6) is -0.00138. The van der Waals surface area contributed by atoms with Gasteiger partial charge in [-0.05, 0) is 53.3 Å². The van der Waals surface area contributed by atoms with E-state index in [1.165, 1.54) is 11.2 Å². The summed E-state index contributed by atoms with van der Waals surface area (Å²) in [6.45, 7) is 3.41. The molecule has 20 heavy (non-hydrogen) atoms. The summed E-state index contributed by atoms with van der Waals surface area (Å²) in [5, 5.41) is 0. The molecule has 0 aliphatic carbocycles. The maximum Gasteiger partial charge on any atom is 0.243 e. The molecule has 1 heterocycles. The first kappa shape index (κ1) is 15.7. The van der Waals surface area contributed by atoms with Gasteiger partial charge >= 0.3 is 0 Å². The monoisotopic (exact) mass is 408 g/mol. The number of hydrogen-bond donors (Lipinski definition) is 0. The molecule has 0 spiro atoms. The predicted octanol–water partition coefficient (Wildman–Crippen LogP) is 1.53. The molecular weight excluding hydrogens is 391 g/mol. The fraction of sp³-hybridized carbons (Fsp3) is 0.462. The van der Waals surface area contributed by atoms with Gasteiger partial charge in [0.1, 0.15) is 0 Å². The number of rotatable bonds is 2. The lowest BCUT2D eigenvalue weighted by Gasteiger charge is -2.21. The molecule has 1 aromatic rings. The average Bonchev–Trinajstić information content (AvgIpc) is 2.65. The molecule has 1 aliphatic heterocycles. The summed E-state index contributed by atoms with van der Waals surface area (Å²) in [6, 6.07) is 6.83. The Hall–Kier alpha value is -0.670. The SMILES string of the molecule is CC(=O)N1CCCN(S(=O)(=O)c2ccc(I)cc2)CC1. The van der Waals surface area contributed by atoms with E-state index in [-0.39, 0.29) is 5.91 Å². The second kappa shape index (κ2) is 6.40. The Balaban J connectivity index is 2.18. The minimum Gasteiger partial charge on any atom is -0.342 e. The number of hydrogen-bond acceptors (Lipinski definition) is 3. The lowest BCUT2D eigenvalue weighted by molar-refractivity contribution is -0.128. The van der Waals surface area contributed by atoms with Gasteiger partial charge in [-0.15, -0.1) is 0 Å². The molecular formula is C13H17IN2O3S. The molecule has 0 atom stereocenters. The van der Waals surface area contributed by atoms with Crippen molar-refractivity contribution in [2.24, 2.45) is 0 Å². The van der Waals surface area contributed by atoms with Crippen LogP contribution in [0, 0.1) is 3.57 Å². The highest BCUT2D eigenvalue weighted by Crippen LogP contribution is 2.19. The molecule has 0 radical (unpaired) electrons. The summed E-state index contributed by atoms with van der Waals surface area (Å²) < 4.78 is 27.6. The van der Waals surface area contributed by atoms with Gasteiger partial charge in [0.15, 0.2) is 0 Å². The maximum atomic E-state index is 12.5. The molecule has 0 bridgehead atoms. The number of carbonyl (C=O) groups excluding carboxylic acids is 1. The highest BCUT2D eigenvalue weighted by atomic mass is 127. The van der Waals surface area contributed by atoms with Gasteiger partial charge in [-0.2, -0.15) is 4.31 Å². The Bertz CT molecular complexity index is 586. The predicted molar refractivity (Wildman–Crippen MR) is 84.8 cm³/mol. The van der Waals surface area contributed by atoms with Crippen LogP contribution >= 0.6 is 22.6 Å². The lowest BCUT2D eigenvalue weighted by Crippen LogP contribution is -2.36. The Morgan fingerprint density at radius 1 is 1.10 bits per heavy atom. The summed E-state index contributed by atoms with van der Waals surface area (Å²) in [6.07, 6.45) is 0.670. The van der Waals surface area contributed by atoms with Gasteiger partial charge in [-0.25, -0.2) is 8.42 Å². The van der Waals surface area contributed by atoms with Crippen molar-refractivity contribution in [3.8, 4) is 0 Å². The first-order chi connectivity index (χ1) is 9.41. The van der Waals surface area contributed by atoms with Crippen molar-refractivity contribution < 1.29 is 13.2 Å². The van der Waals surface area contributed by atoms with Gasteiger partial charge in [-0.3, -0.25) is 4.79 Å². The van der Waals surface area contributed by atoms with E-state index in [2.05, 4.69) is 22.6 Å². The Labute approximate surface area is 133 Å². The Morgan fingerprint density at radius 3 is 2.35 bits per heavy atom. The van der Waals surface area contributed by atoms with Crippen LogP contribution in [0.5, 0.6) is 0 Å². The molecule has 1 aliphatic rings. The summed E-state index contributed by atoms with van der Waals surface area (Å²) in [7, 11) is -3.46. The molecule has 7 heteroatoms. The molecule has 110 valence electrons. The van der Waals surface area contributed by atoms with Crippen molar-refractivity contribution in [3.05, 3.63) is 27.8 Å². The van der Waals surface area contributed by atoms with Crippen molar-refractivity contribution >= 4 is 38.5 Å². The fourth-order valence-corrected chi connectivity index (χ4v) is 4.03. The average molecular weight is 408 g/mol. The minimum absolute atomic E-state index is 0.00138. The van der Waals surface area contributed by atoms with Crippen LogP contribution in [0.25, 0.3) is 0 Å². The van der Waals surface area contributed by atoms with E-state index < -0.39 is 10.0 Å². The number of sulfonamides is 1. The molecule has 1 aromatic carbocycles. The number of carbonyl (C=O) groups is 1. The fourth-order valence-electron chi connectivity index (χ4n) is 2.20. The van der Waals surface area contributed by atoms with Crippen LogP contribution in [0.2, 0.25) is 0 Å². The van der Waals surface area contributed by atoms with Gasteiger partial charge in [0.2, 0.25) is 15.9 Å². The number of benzene rings is 1. The van der Waals surface area contributed by atoms with E-state index in [9.17, 15) is 13.2 Å². The smallest absolute Gasteiger partial charge is 0.243 e. The van der Waals surface area contributed by atoms with E-state index in [0.717, 1.165) is 3.57 Å². The van der Waals surface area contributed by atoms with Gasteiger partial charge < -0.3 is 4.90 Å². The zero-order chi connectivity index (χ0) is 14.8. The number of amides is 1. The van der Waals surface area contributed by atoms with Crippen LogP contribution < -0.4 is 0 Å². The zero-order valence-corrected chi connectivity index (χ0v) is 14.2. The Kier molecular flexibility index (Phi) is 5.03. The molecule has 5 nitrogen and oxygen atoms in total. The molecule has 2 rings (SSSR count). The van der Waals surface area contributed by atoms with E-state index in [0.29, 0.717) is 37.5 Å². The lowest BCUT2D eigenvalue weighted by atomic mass is 10.4. The van der Waals surface area contributed by atoms with Gasteiger partial charge in [0.25, 0.3) is 0 Å². The van der Waals surface area contributed by atoms with Crippen LogP contribution in [-0.2, 0) is 14.8 Å². The second-order valence-electron chi connectivity index (χ2n) is 4.72. The first-order valence-corrected chi connectivity index (χ1v) is 8.94. The molecule has 0 aromatic heterocycles.